The lowest BCUT2D eigenvalue weighted by Crippen LogP contribution is -2.15. The van der Waals surface area contributed by atoms with Crippen LogP contribution in [-0.4, -0.2) is 9.97 Å². The van der Waals surface area contributed by atoms with Crippen LogP contribution in [0, 0.1) is 0 Å². The molecule has 0 saturated carbocycles. The van der Waals surface area contributed by atoms with Crippen LogP contribution in [0.2, 0.25) is 0 Å². The molecular weight excluding hydrogens is 254 g/mol. The molecule has 3 N–H and O–H groups in total. The van der Waals surface area contributed by atoms with E-state index in [0.29, 0.717) is 5.75 Å². The van der Waals surface area contributed by atoms with Crippen molar-refractivity contribution in [2.75, 3.05) is 5.73 Å². The van der Waals surface area contributed by atoms with E-state index in [-0.39, 0.29) is 17.0 Å². The zero-order chi connectivity index (χ0) is 14.8. The van der Waals surface area contributed by atoms with Gasteiger partial charge in [-0.25, -0.2) is 4.98 Å². The van der Waals surface area contributed by atoms with Crippen molar-refractivity contribution in [2.24, 2.45) is 0 Å². The Bertz CT molecular complexity index is 645. The Labute approximate surface area is 117 Å². The molecule has 0 radical (unpaired) electrons. The number of H-pyrrole nitrogens is 1. The number of hydrogen-bond donors (Lipinski definition) is 2. The van der Waals surface area contributed by atoms with E-state index in [0.717, 1.165) is 6.42 Å². The molecule has 1 aromatic carbocycles. The van der Waals surface area contributed by atoms with E-state index in [9.17, 15) is 4.79 Å². The van der Waals surface area contributed by atoms with Gasteiger partial charge in [0.2, 0.25) is 5.88 Å². The van der Waals surface area contributed by atoms with Crippen LogP contribution >= 0.6 is 0 Å². The molecule has 0 amide bonds. The van der Waals surface area contributed by atoms with Gasteiger partial charge in [0.25, 0.3) is 5.56 Å². The molecular formula is C15H19N3O2. The molecule has 0 bridgehead atoms. The van der Waals surface area contributed by atoms with Crippen LogP contribution in [-0.2, 0) is 5.41 Å². The monoisotopic (exact) mass is 273 g/mol. The van der Waals surface area contributed by atoms with E-state index < -0.39 is 5.56 Å². The third-order valence-corrected chi connectivity index (χ3v) is 3.59. The molecule has 1 aromatic heterocycles. The number of benzene rings is 1. The SMILES string of the molecule is CCC(C)(C)c1ccc(Oc2nc[nH]c(=O)c2N)cc1. The van der Waals surface area contributed by atoms with Crippen molar-refractivity contribution in [1.29, 1.82) is 0 Å². The largest absolute Gasteiger partial charge is 0.437 e. The molecule has 0 atom stereocenters. The minimum atomic E-state index is -0.404. The van der Waals surface area contributed by atoms with Crippen molar-refractivity contribution in [3.63, 3.8) is 0 Å². The van der Waals surface area contributed by atoms with Gasteiger partial charge in [0.15, 0.2) is 5.69 Å². The van der Waals surface area contributed by atoms with E-state index in [1.165, 1.54) is 11.9 Å². The molecule has 2 rings (SSSR count). The number of nitrogens with two attached hydrogens (primary N) is 1. The molecule has 0 unspecified atom stereocenters. The quantitative estimate of drug-likeness (QED) is 0.897. The predicted octanol–water partition coefficient (Wildman–Crippen LogP) is 2.83. The predicted molar refractivity (Wildman–Crippen MR) is 79.1 cm³/mol. The van der Waals surface area contributed by atoms with Gasteiger partial charge in [-0.2, -0.15) is 0 Å². The van der Waals surface area contributed by atoms with Crippen LogP contribution in [0.4, 0.5) is 5.69 Å². The number of nitrogens with zero attached hydrogens (tertiary/aromatic N) is 1. The molecule has 0 fully saturated rings. The van der Waals surface area contributed by atoms with Gasteiger partial charge in [0.05, 0.1) is 6.33 Å². The summed E-state index contributed by atoms with van der Waals surface area (Å²) < 4.78 is 5.54. The highest BCUT2D eigenvalue weighted by molar-refractivity contribution is 5.47. The number of ether oxygens (including phenoxy) is 1. The summed E-state index contributed by atoms with van der Waals surface area (Å²) in [6.45, 7) is 6.55. The van der Waals surface area contributed by atoms with Crippen molar-refractivity contribution in [2.45, 2.75) is 32.6 Å². The van der Waals surface area contributed by atoms with Gasteiger partial charge < -0.3 is 15.5 Å². The molecule has 5 heteroatoms. The Kier molecular flexibility index (Phi) is 3.79. The molecule has 0 aliphatic rings. The van der Waals surface area contributed by atoms with Gasteiger partial charge in [-0.15, -0.1) is 0 Å². The third-order valence-electron chi connectivity index (χ3n) is 3.59. The van der Waals surface area contributed by atoms with Gasteiger partial charge in [-0.05, 0) is 29.5 Å². The summed E-state index contributed by atoms with van der Waals surface area (Å²) in [4.78, 5) is 17.7. The molecule has 106 valence electrons. The molecule has 5 nitrogen and oxygen atoms in total. The molecule has 20 heavy (non-hydrogen) atoms. The second kappa shape index (κ2) is 5.36. The summed E-state index contributed by atoms with van der Waals surface area (Å²) in [5.41, 5.74) is 6.55. The van der Waals surface area contributed by atoms with E-state index in [2.05, 4.69) is 30.7 Å². The Morgan fingerprint density at radius 2 is 1.95 bits per heavy atom. The smallest absolute Gasteiger partial charge is 0.277 e. The maximum absolute atomic E-state index is 11.4. The van der Waals surface area contributed by atoms with Gasteiger partial charge in [0.1, 0.15) is 5.75 Å². The second-order valence-corrected chi connectivity index (χ2v) is 5.31. The molecule has 0 aliphatic heterocycles. The summed E-state index contributed by atoms with van der Waals surface area (Å²) in [5, 5.41) is 0. The molecule has 0 saturated heterocycles. The fourth-order valence-corrected chi connectivity index (χ4v) is 1.77. The zero-order valence-electron chi connectivity index (χ0n) is 11.9. The lowest BCUT2D eigenvalue weighted by molar-refractivity contribution is 0.461. The highest BCUT2D eigenvalue weighted by atomic mass is 16.5. The standard InChI is InChI=1S/C15H19N3O2/c1-4-15(2,3)10-5-7-11(8-6-10)20-14-12(16)13(19)17-9-18-14/h5-9H,4,16H2,1-3H3,(H,17,18,19). The van der Waals surface area contributed by atoms with Crippen molar-refractivity contribution >= 4 is 5.69 Å². The summed E-state index contributed by atoms with van der Waals surface area (Å²) in [5.74, 6) is 0.724. The number of nitrogens with one attached hydrogen (secondary N) is 1. The number of hydrogen-bond acceptors (Lipinski definition) is 4. The number of anilines is 1. The Hall–Kier alpha value is -2.30. The highest BCUT2D eigenvalue weighted by Gasteiger charge is 2.17. The molecule has 1 heterocycles. The van der Waals surface area contributed by atoms with Crippen LogP contribution in [0.5, 0.6) is 11.6 Å². The fourth-order valence-electron chi connectivity index (χ4n) is 1.77. The van der Waals surface area contributed by atoms with Gasteiger partial charge in [0, 0.05) is 0 Å². The zero-order valence-corrected chi connectivity index (χ0v) is 11.9. The Balaban J connectivity index is 2.23. The van der Waals surface area contributed by atoms with Gasteiger partial charge in [-0.1, -0.05) is 32.9 Å². The number of rotatable bonds is 4. The fraction of sp³-hybridized carbons (Fsp3) is 0.333. The number of aromatic amines is 1. The summed E-state index contributed by atoms with van der Waals surface area (Å²) in [6, 6.07) is 7.74. The van der Waals surface area contributed by atoms with Crippen molar-refractivity contribution in [1.82, 2.24) is 9.97 Å². The average molecular weight is 273 g/mol. The summed E-state index contributed by atoms with van der Waals surface area (Å²) >= 11 is 0. The highest BCUT2D eigenvalue weighted by Crippen LogP contribution is 2.29. The molecule has 2 aromatic rings. The van der Waals surface area contributed by atoms with E-state index in [1.807, 2.05) is 24.3 Å². The first-order chi connectivity index (χ1) is 9.44. The Morgan fingerprint density at radius 3 is 2.55 bits per heavy atom. The maximum atomic E-state index is 11.4. The third kappa shape index (κ3) is 2.82. The van der Waals surface area contributed by atoms with Crippen LogP contribution in [0.3, 0.4) is 0 Å². The van der Waals surface area contributed by atoms with Crippen LogP contribution in [0.15, 0.2) is 35.4 Å². The first kappa shape index (κ1) is 14.1. The molecule has 0 spiro atoms. The van der Waals surface area contributed by atoms with Crippen LogP contribution in [0.25, 0.3) is 0 Å². The molecule has 0 aliphatic carbocycles. The lowest BCUT2D eigenvalue weighted by Gasteiger charge is -2.23. The topological polar surface area (TPSA) is 81.0 Å². The average Bonchev–Trinajstić information content (AvgIpc) is 2.44. The first-order valence-electron chi connectivity index (χ1n) is 6.55. The van der Waals surface area contributed by atoms with Gasteiger partial charge >= 0.3 is 0 Å². The Morgan fingerprint density at radius 1 is 1.30 bits per heavy atom. The lowest BCUT2D eigenvalue weighted by atomic mass is 9.82. The minimum Gasteiger partial charge on any atom is -0.437 e. The van der Waals surface area contributed by atoms with Crippen molar-refractivity contribution in [3.05, 3.63) is 46.5 Å². The first-order valence-corrected chi connectivity index (χ1v) is 6.55. The normalized spacial score (nSPS) is 11.3. The van der Waals surface area contributed by atoms with Crippen molar-refractivity contribution < 1.29 is 4.74 Å². The number of aromatic nitrogens is 2. The summed E-state index contributed by atoms with van der Waals surface area (Å²) in [6.07, 6.45) is 2.32. The second-order valence-electron chi connectivity index (χ2n) is 5.31. The van der Waals surface area contributed by atoms with E-state index in [4.69, 9.17) is 10.5 Å². The van der Waals surface area contributed by atoms with Crippen LogP contribution in [0.1, 0.15) is 32.8 Å². The van der Waals surface area contributed by atoms with E-state index >= 15 is 0 Å². The number of nitrogen functional groups attached to an aromatic ring is 1. The minimum absolute atomic E-state index is 0.0227. The van der Waals surface area contributed by atoms with Crippen molar-refractivity contribution in [3.8, 4) is 11.6 Å². The summed E-state index contributed by atoms with van der Waals surface area (Å²) in [7, 11) is 0. The van der Waals surface area contributed by atoms with Crippen LogP contribution < -0.4 is 16.0 Å². The maximum Gasteiger partial charge on any atom is 0.277 e. The van der Waals surface area contributed by atoms with Gasteiger partial charge in [-0.3, -0.25) is 4.79 Å². The van der Waals surface area contributed by atoms with E-state index in [1.54, 1.807) is 0 Å².